The molecule has 0 saturated carbocycles. The molecular weight excluding hydrogens is 344 g/mol. The number of hydrogen-bond donors (Lipinski definition) is 2. The zero-order valence-corrected chi connectivity index (χ0v) is 15.0. The Morgan fingerprint density at radius 2 is 2.00 bits per heavy atom. The summed E-state index contributed by atoms with van der Waals surface area (Å²) in [6.45, 7) is 4.29. The first-order valence-electron chi connectivity index (χ1n) is 7.73. The molecule has 8 heteroatoms. The summed E-state index contributed by atoms with van der Waals surface area (Å²) >= 11 is 6.16. The first-order valence-corrected chi connectivity index (χ1v) is 8.11. The normalized spacial score (nSPS) is 10.2. The zero-order chi connectivity index (χ0) is 18.4. The molecule has 0 radical (unpaired) electrons. The van der Waals surface area contributed by atoms with Gasteiger partial charge >= 0.3 is 5.97 Å². The molecule has 1 heterocycles. The second-order valence-electron chi connectivity index (χ2n) is 5.29. The number of hydrogen-bond acceptors (Lipinski definition) is 6. The average Bonchev–Trinajstić information content (AvgIpc) is 2.60. The number of nitrogens with one attached hydrogen (secondary N) is 2. The molecular formula is C17H19ClN4O3. The highest BCUT2D eigenvalue weighted by atomic mass is 35.5. The number of halogens is 1. The number of amides is 1. The topological polar surface area (TPSA) is 93.2 Å². The number of rotatable bonds is 6. The minimum atomic E-state index is -0.482. The van der Waals surface area contributed by atoms with Gasteiger partial charge in [0, 0.05) is 12.2 Å². The number of methoxy groups -OCH3 is 1. The van der Waals surface area contributed by atoms with Gasteiger partial charge in [-0.2, -0.15) is 0 Å². The van der Waals surface area contributed by atoms with Gasteiger partial charge in [0.1, 0.15) is 5.69 Å². The van der Waals surface area contributed by atoms with Crippen molar-refractivity contribution < 1.29 is 14.3 Å². The number of benzene rings is 1. The molecule has 0 saturated heterocycles. The number of aryl methyl sites for hydroxylation is 1. The summed E-state index contributed by atoms with van der Waals surface area (Å²) in [5.74, 6) is -0.542. The van der Waals surface area contributed by atoms with Gasteiger partial charge < -0.3 is 15.4 Å². The number of carbonyl (C=O) groups is 2. The second-order valence-corrected chi connectivity index (χ2v) is 5.69. The van der Waals surface area contributed by atoms with Crippen LogP contribution in [-0.4, -0.2) is 35.5 Å². The Morgan fingerprint density at radius 1 is 1.24 bits per heavy atom. The summed E-state index contributed by atoms with van der Waals surface area (Å²) in [6.07, 6.45) is 0.830. The van der Waals surface area contributed by atoms with Crippen molar-refractivity contribution >= 4 is 35.1 Å². The molecule has 132 valence electrons. The van der Waals surface area contributed by atoms with Gasteiger partial charge in [0.15, 0.2) is 0 Å². The van der Waals surface area contributed by atoms with Crippen LogP contribution < -0.4 is 10.6 Å². The van der Waals surface area contributed by atoms with Gasteiger partial charge in [0.2, 0.25) is 5.95 Å². The van der Waals surface area contributed by atoms with E-state index in [4.69, 9.17) is 16.3 Å². The smallest absolute Gasteiger partial charge is 0.337 e. The van der Waals surface area contributed by atoms with Gasteiger partial charge in [-0.05, 0) is 37.6 Å². The summed E-state index contributed by atoms with van der Waals surface area (Å²) in [5, 5.41) is 6.09. The number of esters is 1. The molecule has 1 aromatic heterocycles. The minimum absolute atomic E-state index is 0.213. The Kier molecular flexibility index (Phi) is 6.30. The summed E-state index contributed by atoms with van der Waals surface area (Å²) in [4.78, 5) is 32.2. The van der Waals surface area contributed by atoms with E-state index >= 15 is 0 Å². The molecule has 2 N–H and O–H groups in total. The van der Waals surface area contributed by atoms with Crippen LogP contribution in [0.5, 0.6) is 0 Å². The summed E-state index contributed by atoms with van der Waals surface area (Å²) in [7, 11) is 1.30. The van der Waals surface area contributed by atoms with Crippen LogP contribution in [0.4, 0.5) is 11.6 Å². The third kappa shape index (κ3) is 4.90. The highest BCUT2D eigenvalue weighted by molar-refractivity contribution is 6.33. The molecule has 0 spiro atoms. The SMILES string of the molecule is CCCNC(=O)c1cc(C)nc(Nc2cc(C(=O)OC)ccc2Cl)n1. The maximum atomic E-state index is 12.1. The van der Waals surface area contributed by atoms with Gasteiger partial charge in [-0.25, -0.2) is 14.8 Å². The number of ether oxygens (including phenoxy) is 1. The van der Waals surface area contributed by atoms with E-state index in [-0.39, 0.29) is 17.5 Å². The van der Waals surface area contributed by atoms with Crippen molar-refractivity contribution in [2.24, 2.45) is 0 Å². The average molecular weight is 363 g/mol. The lowest BCUT2D eigenvalue weighted by atomic mass is 10.2. The Labute approximate surface area is 150 Å². The van der Waals surface area contributed by atoms with E-state index in [0.29, 0.717) is 28.5 Å². The molecule has 0 fully saturated rings. The highest BCUT2D eigenvalue weighted by Gasteiger charge is 2.13. The molecule has 0 unspecified atom stereocenters. The van der Waals surface area contributed by atoms with Crippen LogP contribution in [0.15, 0.2) is 24.3 Å². The molecule has 7 nitrogen and oxygen atoms in total. The zero-order valence-electron chi connectivity index (χ0n) is 14.2. The van der Waals surface area contributed by atoms with E-state index in [1.807, 2.05) is 6.92 Å². The highest BCUT2D eigenvalue weighted by Crippen LogP contribution is 2.26. The van der Waals surface area contributed by atoms with Crippen molar-refractivity contribution in [2.75, 3.05) is 19.0 Å². The quantitative estimate of drug-likeness (QED) is 0.767. The van der Waals surface area contributed by atoms with Crippen LogP contribution in [0, 0.1) is 6.92 Å². The Morgan fingerprint density at radius 3 is 2.68 bits per heavy atom. The van der Waals surface area contributed by atoms with Crippen molar-refractivity contribution in [3.63, 3.8) is 0 Å². The molecule has 0 atom stereocenters. The van der Waals surface area contributed by atoms with E-state index in [1.54, 1.807) is 25.1 Å². The lowest BCUT2D eigenvalue weighted by Gasteiger charge is -2.11. The molecule has 0 bridgehead atoms. The van der Waals surface area contributed by atoms with E-state index in [9.17, 15) is 9.59 Å². The standard InChI is InChI=1S/C17H19ClN4O3/c1-4-7-19-15(23)14-8-10(2)20-17(22-14)21-13-9-11(16(24)25-3)5-6-12(13)18/h5-6,8-9H,4,7H2,1-3H3,(H,19,23)(H,20,21,22). The Bertz CT molecular complexity index is 795. The maximum absolute atomic E-state index is 12.1. The molecule has 1 amide bonds. The lowest BCUT2D eigenvalue weighted by Crippen LogP contribution is -2.25. The maximum Gasteiger partial charge on any atom is 0.337 e. The molecule has 1 aromatic carbocycles. The number of nitrogens with zero attached hydrogens (tertiary/aromatic N) is 2. The predicted molar refractivity (Wildman–Crippen MR) is 95.5 cm³/mol. The van der Waals surface area contributed by atoms with Gasteiger partial charge in [0.25, 0.3) is 5.91 Å². The largest absolute Gasteiger partial charge is 0.465 e. The molecule has 2 aromatic rings. The van der Waals surface area contributed by atoms with Crippen LogP contribution in [-0.2, 0) is 4.74 Å². The van der Waals surface area contributed by atoms with Crippen molar-refractivity contribution in [2.45, 2.75) is 20.3 Å². The van der Waals surface area contributed by atoms with Gasteiger partial charge in [0.05, 0.1) is 23.4 Å². The Hall–Kier alpha value is -2.67. The van der Waals surface area contributed by atoms with Gasteiger partial charge in [-0.15, -0.1) is 0 Å². The fraction of sp³-hybridized carbons (Fsp3) is 0.294. The lowest BCUT2D eigenvalue weighted by molar-refractivity contribution is 0.0600. The predicted octanol–water partition coefficient (Wildman–Crippen LogP) is 3.11. The first-order chi connectivity index (χ1) is 11.9. The van der Waals surface area contributed by atoms with Crippen molar-refractivity contribution in [1.82, 2.24) is 15.3 Å². The third-order valence-corrected chi connectivity index (χ3v) is 3.59. The number of carbonyl (C=O) groups excluding carboxylic acids is 2. The number of aromatic nitrogens is 2. The van der Waals surface area contributed by atoms with E-state index in [2.05, 4.69) is 20.6 Å². The number of anilines is 2. The van der Waals surface area contributed by atoms with Gasteiger partial charge in [-0.1, -0.05) is 18.5 Å². The summed E-state index contributed by atoms with van der Waals surface area (Å²) in [6, 6.07) is 6.26. The molecule has 0 aliphatic heterocycles. The van der Waals surface area contributed by atoms with Gasteiger partial charge in [-0.3, -0.25) is 4.79 Å². The fourth-order valence-corrected chi connectivity index (χ4v) is 2.22. The molecule has 2 rings (SSSR count). The Balaban J connectivity index is 2.29. The van der Waals surface area contributed by atoms with Crippen molar-refractivity contribution in [3.05, 3.63) is 46.2 Å². The molecule has 25 heavy (non-hydrogen) atoms. The van der Waals surface area contributed by atoms with Crippen molar-refractivity contribution in [1.29, 1.82) is 0 Å². The van der Waals surface area contributed by atoms with Crippen LogP contribution in [0.1, 0.15) is 39.9 Å². The van der Waals surface area contributed by atoms with Crippen LogP contribution in [0.25, 0.3) is 0 Å². The van der Waals surface area contributed by atoms with Crippen LogP contribution >= 0.6 is 11.6 Å². The van der Waals surface area contributed by atoms with Crippen molar-refractivity contribution in [3.8, 4) is 0 Å². The fourth-order valence-electron chi connectivity index (χ4n) is 2.06. The van der Waals surface area contributed by atoms with E-state index in [1.165, 1.54) is 13.2 Å². The van der Waals surface area contributed by atoms with E-state index < -0.39 is 5.97 Å². The summed E-state index contributed by atoms with van der Waals surface area (Å²) in [5.41, 5.74) is 1.65. The second kappa shape index (κ2) is 8.43. The third-order valence-electron chi connectivity index (χ3n) is 3.26. The summed E-state index contributed by atoms with van der Waals surface area (Å²) < 4.78 is 4.69. The molecule has 0 aliphatic carbocycles. The van der Waals surface area contributed by atoms with Crippen LogP contribution in [0.3, 0.4) is 0 Å². The molecule has 0 aliphatic rings. The first kappa shape index (κ1) is 18.7. The monoisotopic (exact) mass is 362 g/mol. The van der Waals surface area contributed by atoms with E-state index in [0.717, 1.165) is 6.42 Å². The minimum Gasteiger partial charge on any atom is -0.465 e. The van der Waals surface area contributed by atoms with Crippen LogP contribution in [0.2, 0.25) is 5.02 Å².